The maximum Gasteiger partial charge on any atom is 0.229 e. The molecule has 1 heterocycles. The molecule has 0 aromatic heterocycles. The van der Waals surface area contributed by atoms with Crippen molar-refractivity contribution in [3.63, 3.8) is 0 Å². The van der Waals surface area contributed by atoms with Crippen LogP contribution in [0.1, 0.15) is 31.9 Å². The predicted molar refractivity (Wildman–Crippen MR) is 115 cm³/mol. The standard InChI is InChI=1S/C20H24N4O4S/c1-13-10-19(22-15-4-6-16(7-5-15)23-29(3,27)28)18-11-17(21-12-25)8-9-20(18)24(13)14(2)26/h4-9,11-13,19,22-23H,10H2,1-3H3,(H,21,25). The zero-order valence-corrected chi connectivity index (χ0v) is 17.3. The van der Waals surface area contributed by atoms with E-state index >= 15 is 0 Å². The Balaban J connectivity index is 1.91. The van der Waals surface area contributed by atoms with Crippen molar-refractivity contribution < 1.29 is 18.0 Å². The Morgan fingerprint density at radius 2 is 1.72 bits per heavy atom. The molecule has 3 rings (SSSR count). The summed E-state index contributed by atoms with van der Waals surface area (Å²) in [5.74, 6) is -0.0375. The Morgan fingerprint density at radius 3 is 2.31 bits per heavy atom. The minimum Gasteiger partial charge on any atom is -0.378 e. The van der Waals surface area contributed by atoms with Crippen molar-refractivity contribution >= 4 is 45.1 Å². The molecule has 29 heavy (non-hydrogen) atoms. The zero-order valence-electron chi connectivity index (χ0n) is 16.5. The molecule has 8 nitrogen and oxygen atoms in total. The number of nitrogens with one attached hydrogen (secondary N) is 3. The first-order valence-electron chi connectivity index (χ1n) is 9.16. The van der Waals surface area contributed by atoms with Gasteiger partial charge < -0.3 is 15.5 Å². The highest BCUT2D eigenvalue weighted by atomic mass is 32.2. The summed E-state index contributed by atoms with van der Waals surface area (Å²) in [5.41, 5.74) is 3.66. The quantitative estimate of drug-likeness (QED) is 0.628. The molecule has 0 saturated heterocycles. The van der Waals surface area contributed by atoms with E-state index in [1.165, 1.54) is 0 Å². The van der Waals surface area contributed by atoms with E-state index in [4.69, 9.17) is 0 Å². The summed E-state index contributed by atoms with van der Waals surface area (Å²) < 4.78 is 25.1. The average Bonchev–Trinajstić information content (AvgIpc) is 2.62. The Morgan fingerprint density at radius 1 is 1.10 bits per heavy atom. The van der Waals surface area contributed by atoms with Gasteiger partial charge in [0.25, 0.3) is 0 Å². The van der Waals surface area contributed by atoms with Crippen molar-refractivity contribution in [2.75, 3.05) is 26.5 Å². The minimum absolute atomic E-state index is 0.00597. The largest absolute Gasteiger partial charge is 0.378 e. The fourth-order valence-corrected chi connectivity index (χ4v) is 4.25. The molecule has 154 valence electrons. The number of hydrogen-bond acceptors (Lipinski definition) is 5. The molecule has 3 N–H and O–H groups in total. The third-order valence-electron chi connectivity index (χ3n) is 4.77. The smallest absolute Gasteiger partial charge is 0.229 e. The summed E-state index contributed by atoms with van der Waals surface area (Å²) in [5, 5.41) is 6.10. The highest BCUT2D eigenvalue weighted by Gasteiger charge is 2.32. The van der Waals surface area contributed by atoms with E-state index in [1.807, 2.05) is 19.1 Å². The number of nitrogens with zero attached hydrogens (tertiary/aromatic N) is 1. The van der Waals surface area contributed by atoms with Crippen molar-refractivity contribution in [1.82, 2.24) is 0 Å². The summed E-state index contributed by atoms with van der Waals surface area (Å²) in [4.78, 5) is 24.8. The lowest BCUT2D eigenvalue weighted by Gasteiger charge is -2.39. The van der Waals surface area contributed by atoms with E-state index in [2.05, 4.69) is 15.4 Å². The zero-order chi connectivity index (χ0) is 21.2. The first-order chi connectivity index (χ1) is 13.7. The fraction of sp³-hybridized carbons (Fsp3) is 0.300. The van der Waals surface area contributed by atoms with Crippen LogP contribution in [0, 0.1) is 0 Å². The maximum atomic E-state index is 12.2. The van der Waals surface area contributed by atoms with Gasteiger partial charge in [-0.1, -0.05) is 0 Å². The molecular weight excluding hydrogens is 392 g/mol. The summed E-state index contributed by atoms with van der Waals surface area (Å²) in [7, 11) is -3.33. The van der Waals surface area contributed by atoms with Crippen LogP contribution >= 0.6 is 0 Å². The lowest BCUT2D eigenvalue weighted by Crippen LogP contribution is -2.43. The molecule has 2 atom stereocenters. The van der Waals surface area contributed by atoms with Crippen LogP contribution in [0.3, 0.4) is 0 Å². The normalized spacial score (nSPS) is 18.5. The van der Waals surface area contributed by atoms with Gasteiger partial charge in [-0.25, -0.2) is 8.42 Å². The number of amides is 2. The van der Waals surface area contributed by atoms with Gasteiger partial charge in [-0.3, -0.25) is 14.3 Å². The topological polar surface area (TPSA) is 108 Å². The number of carbonyl (C=O) groups excluding carboxylic acids is 2. The lowest BCUT2D eigenvalue weighted by atomic mass is 9.91. The van der Waals surface area contributed by atoms with E-state index in [1.54, 1.807) is 42.2 Å². The van der Waals surface area contributed by atoms with Gasteiger partial charge in [0, 0.05) is 41.3 Å². The van der Waals surface area contributed by atoms with E-state index in [-0.39, 0.29) is 18.0 Å². The van der Waals surface area contributed by atoms with Gasteiger partial charge in [-0.05, 0) is 55.8 Å². The minimum atomic E-state index is -3.33. The first kappa shape index (κ1) is 20.7. The van der Waals surface area contributed by atoms with Gasteiger partial charge in [0.05, 0.1) is 12.3 Å². The SMILES string of the molecule is CC(=O)N1c2ccc(NC=O)cc2C(Nc2ccc(NS(C)(=O)=O)cc2)CC1C. The summed E-state index contributed by atoms with van der Waals surface area (Å²) in [6, 6.07) is 12.3. The van der Waals surface area contributed by atoms with Crippen LogP contribution in [0.2, 0.25) is 0 Å². The van der Waals surface area contributed by atoms with E-state index in [9.17, 15) is 18.0 Å². The van der Waals surface area contributed by atoms with Gasteiger partial charge in [-0.15, -0.1) is 0 Å². The molecule has 9 heteroatoms. The van der Waals surface area contributed by atoms with Crippen LogP contribution < -0.4 is 20.3 Å². The summed E-state index contributed by atoms with van der Waals surface area (Å²) >= 11 is 0. The molecule has 0 radical (unpaired) electrons. The molecule has 1 aliphatic heterocycles. The van der Waals surface area contributed by atoms with Crippen molar-refractivity contribution in [2.45, 2.75) is 32.4 Å². The van der Waals surface area contributed by atoms with Gasteiger partial charge >= 0.3 is 0 Å². The number of rotatable bonds is 6. The molecule has 0 saturated carbocycles. The van der Waals surface area contributed by atoms with Crippen LogP contribution in [-0.4, -0.2) is 33.0 Å². The Bertz CT molecular complexity index is 1020. The van der Waals surface area contributed by atoms with Crippen LogP contribution in [0.5, 0.6) is 0 Å². The predicted octanol–water partition coefficient (Wildman–Crippen LogP) is 2.92. The van der Waals surface area contributed by atoms with Gasteiger partial charge in [0.1, 0.15) is 0 Å². The van der Waals surface area contributed by atoms with Gasteiger partial charge in [0.2, 0.25) is 22.3 Å². The third-order valence-corrected chi connectivity index (χ3v) is 5.38. The molecule has 0 bridgehead atoms. The van der Waals surface area contributed by atoms with Crippen LogP contribution in [0.25, 0.3) is 0 Å². The number of anilines is 4. The van der Waals surface area contributed by atoms with Crippen molar-refractivity contribution in [3.05, 3.63) is 48.0 Å². The highest BCUT2D eigenvalue weighted by molar-refractivity contribution is 7.92. The Hall–Kier alpha value is -3.07. The monoisotopic (exact) mass is 416 g/mol. The lowest BCUT2D eigenvalue weighted by molar-refractivity contribution is -0.117. The second-order valence-corrected chi connectivity index (χ2v) is 8.91. The fourth-order valence-electron chi connectivity index (χ4n) is 3.69. The molecule has 0 aliphatic carbocycles. The van der Waals surface area contributed by atoms with Gasteiger partial charge in [-0.2, -0.15) is 0 Å². The van der Waals surface area contributed by atoms with Crippen LogP contribution in [-0.2, 0) is 19.6 Å². The van der Waals surface area contributed by atoms with Crippen molar-refractivity contribution in [1.29, 1.82) is 0 Å². The summed E-state index contributed by atoms with van der Waals surface area (Å²) in [6.07, 6.45) is 2.40. The number of fused-ring (bicyclic) bond motifs is 1. The Kier molecular flexibility index (Phi) is 5.78. The molecule has 2 amide bonds. The highest BCUT2D eigenvalue weighted by Crippen LogP contribution is 2.40. The third kappa shape index (κ3) is 4.86. The number of hydrogen-bond donors (Lipinski definition) is 3. The molecule has 0 spiro atoms. The second-order valence-electron chi connectivity index (χ2n) is 7.16. The average molecular weight is 417 g/mol. The molecular formula is C20H24N4O4S. The molecule has 2 aromatic carbocycles. The number of carbonyl (C=O) groups is 2. The van der Waals surface area contributed by atoms with Crippen LogP contribution in [0.15, 0.2) is 42.5 Å². The Labute approximate surface area is 170 Å². The van der Waals surface area contributed by atoms with Crippen molar-refractivity contribution in [2.24, 2.45) is 0 Å². The second kappa shape index (κ2) is 8.12. The molecule has 1 aliphatic rings. The summed E-state index contributed by atoms with van der Waals surface area (Å²) in [6.45, 7) is 3.54. The van der Waals surface area contributed by atoms with E-state index < -0.39 is 10.0 Å². The first-order valence-corrected chi connectivity index (χ1v) is 11.1. The molecule has 2 aromatic rings. The van der Waals surface area contributed by atoms with E-state index in [0.29, 0.717) is 24.2 Å². The van der Waals surface area contributed by atoms with Crippen LogP contribution in [0.4, 0.5) is 22.7 Å². The van der Waals surface area contributed by atoms with Crippen molar-refractivity contribution in [3.8, 4) is 0 Å². The van der Waals surface area contributed by atoms with Gasteiger partial charge in [0.15, 0.2) is 0 Å². The maximum absolute atomic E-state index is 12.2. The molecule has 0 fully saturated rings. The number of benzene rings is 2. The number of sulfonamides is 1. The van der Waals surface area contributed by atoms with E-state index in [0.717, 1.165) is 23.2 Å². The molecule has 2 unspecified atom stereocenters.